The molecule has 0 aliphatic heterocycles. The molecule has 0 radical (unpaired) electrons. The van der Waals surface area contributed by atoms with Crippen LogP contribution in [0, 0.1) is 6.92 Å². The summed E-state index contributed by atoms with van der Waals surface area (Å²) < 4.78 is 0. The van der Waals surface area contributed by atoms with E-state index in [1.165, 1.54) is 23.1 Å². The highest BCUT2D eigenvalue weighted by Gasteiger charge is 2.20. The minimum Gasteiger partial charge on any atom is -0.345 e. The Labute approximate surface area is 147 Å². The zero-order valence-corrected chi connectivity index (χ0v) is 15.7. The van der Waals surface area contributed by atoms with Crippen LogP contribution in [0.25, 0.3) is 10.6 Å². The quantitative estimate of drug-likeness (QED) is 0.785. The predicted octanol–water partition coefficient (Wildman–Crippen LogP) is 3.38. The Balaban J connectivity index is 2.03. The summed E-state index contributed by atoms with van der Waals surface area (Å²) in [7, 11) is 0. The van der Waals surface area contributed by atoms with E-state index in [0.717, 1.165) is 16.3 Å². The number of nitrogens with zero attached hydrogens (tertiary/aromatic N) is 1. The van der Waals surface area contributed by atoms with Crippen LogP contribution < -0.4 is 10.6 Å². The van der Waals surface area contributed by atoms with E-state index in [1.54, 1.807) is 23.1 Å². The van der Waals surface area contributed by atoms with Crippen molar-refractivity contribution in [2.24, 2.45) is 0 Å². The van der Waals surface area contributed by atoms with Gasteiger partial charge in [0.1, 0.15) is 6.04 Å². The normalized spacial score (nSPS) is 12.0. The Morgan fingerprint density at radius 1 is 1.39 bits per heavy atom. The largest absolute Gasteiger partial charge is 0.345 e. The minimum atomic E-state index is -0.531. The summed E-state index contributed by atoms with van der Waals surface area (Å²) in [6.45, 7) is 3.47. The molecule has 0 aliphatic carbocycles. The number of amides is 2. The molecule has 0 saturated heterocycles. The van der Waals surface area contributed by atoms with Gasteiger partial charge in [-0.25, -0.2) is 4.98 Å². The van der Waals surface area contributed by atoms with Crippen molar-refractivity contribution >= 4 is 51.4 Å². The fourth-order valence-corrected chi connectivity index (χ4v) is 4.05. The highest BCUT2D eigenvalue weighted by molar-refractivity contribution is 7.98. The van der Waals surface area contributed by atoms with Crippen molar-refractivity contribution in [3.05, 3.63) is 22.4 Å². The zero-order valence-electron chi connectivity index (χ0n) is 13.2. The Bertz CT molecular complexity index is 681. The van der Waals surface area contributed by atoms with Crippen LogP contribution in [0.3, 0.4) is 0 Å². The predicted molar refractivity (Wildman–Crippen MR) is 99.4 cm³/mol. The number of hydrogen-bond donors (Lipinski definition) is 2. The molecule has 2 N–H and O–H groups in total. The minimum absolute atomic E-state index is 0.208. The summed E-state index contributed by atoms with van der Waals surface area (Å²) >= 11 is 4.70. The molecule has 2 aromatic heterocycles. The van der Waals surface area contributed by atoms with Gasteiger partial charge >= 0.3 is 0 Å². The van der Waals surface area contributed by atoms with E-state index in [4.69, 9.17) is 0 Å². The molecule has 23 heavy (non-hydrogen) atoms. The molecule has 2 rings (SSSR count). The third-order valence-corrected chi connectivity index (χ3v) is 5.46. The highest BCUT2D eigenvalue weighted by Crippen LogP contribution is 2.30. The molecule has 124 valence electrons. The lowest BCUT2D eigenvalue weighted by Crippen LogP contribution is -2.43. The van der Waals surface area contributed by atoms with E-state index in [1.807, 2.05) is 30.7 Å². The highest BCUT2D eigenvalue weighted by atomic mass is 32.2. The maximum absolute atomic E-state index is 12.3. The number of carbonyl (C=O) groups is 2. The molecule has 0 bridgehead atoms. The Morgan fingerprint density at radius 2 is 2.17 bits per heavy atom. The summed E-state index contributed by atoms with van der Waals surface area (Å²) in [5, 5.41) is 7.97. The topological polar surface area (TPSA) is 71.1 Å². The second-order valence-electron chi connectivity index (χ2n) is 4.97. The Morgan fingerprint density at radius 3 is 2.78 bits per heavy atom. The Hall–Kier alpha value is -1.38. The number of nitrogens with one attached hydrogen (secondary N) is 2. The molecule has 2 amide bonds. The number of rotatable bonds is 7. The van der Waals surface area contributed by atoms with Crippen LogP contribution in [-0.2, 0) is 9.59 Å². The van der Waals surface area contributed by atoms with Gasteiger partial charge in [-0.3, -0.25) is 9.59 Å². The second kappa shape index (κ2) is 8.47. The van der Waals surface area contributed by atoms with Gasteiger partial charge in [0.15, 0.2) is 5.13 Å². The number of hydrogen-bond acceptors (Lipinski definition) is 6. The van der Waals surface area contributed by atoms with Gasteiger partial charge in [0, 0.05) is 17.2 Å². The van der Waals surface area contributed by atoms with Gasteiger partial charge in [-0.15, -0.1) is 22.7 Å². The van der Waals surface area contributed by atoms with Crippen LogP contribution in [-0.4, -0.2) is 34.8 Å². The van der Waals surface area contributed by atoms with Gasteiger partial charge < -0.3 is 10.6 Å². The fourth-order valence-electron chi connectivity index (χ4n) is 1.96. The van der Waals surface area contributed by atoms with Crippen LogP contribution in [0.15, 0.2) is 17.5 Å². The molecular formula is C15H19N3O2S3. The van der Waals surface area contributed by atoms with Gasteiger partial charge in [0.05, 0.1) is 10.6 Å². The number of thiazole rings is 1. The van der Waals surface area contributed by atoms with Crippen LogP contribution in [0.5, 0.6) is 0 Å². The lowest BCUT2D eigenvalue weighted by atomic mass is 10.2. The molecule has 0 unspecified atom stereocenters. The molecule has 0 aromatic carbocycles. The van der Waals surface area contributed by atoms with E-state index in [9.17, 15) is 9.59 Å². The van der Waals surface area contributed by atoms with Crippen molar-refractivity contribution in [2.75, 3.05) is 17.3 Å². The molecule has 2 heterocycles. The third kappa shape index (κ3) is 5.33. The van der Waals surface area contributed by atoms with Gasteiger partial charge in [-0.05, 0) is 37.5 Å². The maximum Gasteiger partial charge on any atom is 0.248 e. The third-order valence-electron chi connectivity index (χ3n) is 3.03. The molecule has 1 atom stereocenters. The van der Waals surface area contributed by atoms with Crippen molar-refractivity contribution in [1.82, 2.24) is 10.3 Å². The molecule has 8 heteroatoms. The smallest absolute Gasteiger partial charge is 0.248 e. The lowest BCUT2D eigenvalue weighted by molar-refractivity contribution is -0.125. The number of aryl methyl sites for hydroxylation is 1. The SMILES string of the molecule is CSCC[C@H](NC(C)=O)C(=O)Nc1nc(-c2ccc(C)s2)cs1. The average Bonchev–Trinajstić information content (AvgIpc) is 3.11. The van der Waals surface area contributed by atoms with Crippen molar-refractivity contribution in [3.63, 3.8) is 0 Å². The monoisotopic (exact) mass is 369 g/mol. The van der Waals surface area contributed by atoms with E-state index in [2.05, 4.69) is 15.6 Å². The number of anilines is 1. The number of aromatic nitrogens is 1. The van der Waals surface area contributed by atoms with E-state index < -0.39 is 6.04 Å². The van der Waals surface area contributed by atoms with E-state index >= 15 is 0 Å². The summed E-state index contributed by atoms with van der Waals surface area (Å²) in [4.78, 5) is 30.4. The van der Waals surface area contributed by atoms with Gasteiger partial charge in [-0.1, -0.05) is 0 Å². The van der Waals surface area contributed by atoms with Gasteiger partial charge in [0.2, 0.25) is 11.8 Å². The summed E-state index contributed by atoms with van der Waals surface area (Å²) in [6, 6.07) is 3.54. The number of carbonyl (C=O) groups excluding carboxylic acids is 2. The first-order valence-electron chi connectivity index (χ1n) is 7.09. The van der Waals surface area contributed by atoms with Crippen molar-refractivity contribution in [2.45, 2.75) is 26.3 Å². The first-order chi connectivity index (χ1) is 11.0. The zero-order chi connectivity index (χ0) is 16.8. The summed E-state index contributed by atoms with van der Waals surface area (Å²) in [5.41, 5.74) is 0.864. The van der Waals surface area contributed by atoms with Crippen LogP contribution in [0.2, 0.25) is 0 Å². The van der Waals surface area contributed by atoms with Crippen LogP contribution in [0.4, 0.5) is 5.13 Å². The average molecular weight is 370 g/mol. The molecule has 0 fully saturated rings. The molecule has 0 spiro atoms. The molecule has 5 nitrogen and oxygen atoms in total. The number of thioether (sulfide) groups is 1. The molecule has 0 saturated carbocycles. The summed E-state index contributed by atoms with van der Waals surface area (Å²) in [6.07, 6.45) is 2.56. The van der Waals surface area contributed by atoms with Crippen molar-refractivity contribution in [3.8, 4) is 10.6 Å². The summed E-state index contributed by atoms with van der Waals surface area (Å²) in [5.74, 6) is 0.369. The fraction of sp³-hybridized carbons (Fsp3) is 0.400. The van der Waals surface area contributed by atoms with E-state index in [0.29, 0.717) is 11.6 Å². The van der Waals surface area contributed by atoms with Crippen molar-refractivity contribution in [1.29, 1.82) is 0 Å². The first-order valence-corrected chi connectivity index (χ1v) is 10.2. The van der Waals surface area contributed by atoms with Gasteiger partial charge in [-0.2, -0.15) is 11.8 Å². The molecule has 0 aliphatic rings. The first kappa shape index (κ1) is 18.0. The molecule has 2 aromatic rings. The number of thiophene rings is 1. The van der Waals surface area contributed by atoms with Gasteiger partial charge in [0.25, 0.3) is 0 Å². The lowest BCUT2D eigenvalue weighted by Gasteiger charge is -2.16. The Kier molecular flexibility index (Phi) is 6.61. The molecular weight excluding hydrogens is 350 g/mol. The maximum atomic E-state index is 12.3. The van der Waals surface area contributed by atoms with E-state index in [-0.39, 0.29) is 11.8 Å². The second-order valence-corrected chi connectivity index (χ2v) is 8.10. The van der Waals surface area contributed by atoms with Crippen LogP contribution in [0.1, 0.15) is 18.2 Å². The van der Waals surface area contributed by atoms with Crippen molar-refractivity contribution < 1.29 is 9.59 Å². The van der Waals surface area contributed by atoms with Crippen LogP contribution >= 0.6 is 34.4 Å². The standard InChI is InChI=1S/C15H19N3O2S3/c1-9-4-5-13(23-9)12-8-22-15(17-12)18-14(20)11(6-7-21-3)16-10(2)19/h4-5,8,11H,6-7H2,1-3H3,(H,16,19)(H,17,18,20)/t11-/m0/s1.